The Labute approximate surface area is 115 Å². The fourth-order valence-corrected chi connectivity index (χ4v) is 2.48. The molecule has 1 aromatic carbocycles. The van der Waals surface area contributed by atoms with Gasteiger partial charge in [0.05, 0.1) is 6.61 Å². The molecule has 2 rings (SSSR count). The molecule has 4 heteroatoms. The first-order valence-corrected chi connectivity index (χ1v) is 6.78. The van der Waals surface area contributed by atoms with Gasteiger partial charge >= 0.3 is 0 Å². The molecule has 2 unspecified atom stereocenters. The van der Waals surface area contributed by atoms with Crippen LogP contribution < -0.4 is 10.6 Å². The SMILES string of the molecule is CN=C(NCC1Cc2ccccc21)NC(C)COC. The van der Waals surface area contributed by atoms with E-state index in [4.69, 9.17) is 4.74 Å². The second kappa shape index (κ2) is 6.57. The number of guanidine groups is 1. The van der Waals surface area contributed by atoms with E-state index in [-0.39, 0.29) is 6.04 Å². The van der Waals surface area contributed by atoms with E-state index in [1.807, 2.05) is 0 Å². The number of aliphatic imine (C=N–C) groups is 1. The van der Waals surface area contributed by atoms with Crippen LogP contribution in [0, 0.1) is 0 Å². The molecular weight excluding hydrogens is 238 g/mol. The molecule has 0 heterocycles. The first-order chi connectivity index (χ1) is 9.24. The van der Waals surface area contributed by atoms with E-state index in [2.05, 4.69) is 46.8 Å². The van der Waals surface area contributed by atoms with Gasteiger partial charge in [0.2, 0.25) is 0 Å². The number of nitrogens with one attached hydrogen (secondary N) is 2. The van der Waals surface area contributed by atoms with E-state index >= 15 is 0 Å². The van der Waals surface area contributed by atoms with Gasteiger partial charge in [0, 0.05) is 32.7 Å². The molecule has 0 bridgehead atoms. The molecule has 2 atom stereocenters. The fourth-order valence-electron chi connectivity index (χ4n) is 2.48. The van der Waals surface area contributed by atoms with Crippen molar-refractivity contribution in [3.05, 3.63) is 35.4 Å². The van der Waals surface area contributed by atoms with Crippen molar-refractivity contribution in [1.82, 2.24) is 10.6 Å². The van der Waals surface area contributed by atoms with E-state index < -0.39 is 0 Å². The Kier molecular flexibility index (Phi) is 4.80. The summed E-state index contributed by atoms with van der Waals surface area (Å²) in [4.78, 5) is 4.24. The van der Waals surface area contributed by atoms with Gasteiger partial charge in [0.1, 0.15) is 0 Å². The highest BCUT2D eigenvalue weighted by Gasteiger charge is 2.25. The lowest BCUT2D eigenvalue weighted by atomic mass is 9.78. The van der Waals surface area contributed by atoms with Gasteiger partial charge < -0.3 is 15.4 Å². The van der Waals surface area contributed by atoms with Crippen LogP contribution in [0.1, 0.15) is 24.0 Å². The lowest BCUT2D eigenvalue weighted by Crippen LogP contribution is -2.46. The summed E-state index contributed by atoms with van der Waals surface area (Å²) in [5.74, 6) is 1.45. The highest BCUT2D eigenvalue weighted by atomic mass is 16.5. The first-order valence-electron chi connectivity index (χ1n) is 6.78. The van der Waals surface area contributed by atoms with Crippen LogP contribution in [0.15, 0.2) is 29.3 Å². The average molecular weight is 261 g/mol. The van der Waals surface area contributed by atoms with Crippen LogP contribution in [-0.2, 0) is 11.2 Å². The largest absolute Gasteiger partial charge is 0.383 e. The Hall–Kier alpha value is -1.55. The lowest BCUT2D eigenvalue weighted by molar-refractivity contribution is 0.179. The first kappa shape index (κ1) is 13.9. The summed E-state index contributed by atoms with van der Waals surface area (Å²) in [6.07, 6.45) is 1.16. The van der Waals surface area contributed by atoms with E-state index in [1.165, 1.54) is 11.1 Å². The third-order valence-electron chi connectivity index (χ3n) is 3.50. The zero-order valence-electron chi connectivity index (χ0n) is 11.9. The Morgan fingerprint density at radius 3 is 2.95 bits per heavy atom. The van der Waals surface area contributed by atoms with Crippen molar-refractivity contribution in [2.45, 2.75) is 25.3 Å². The predicted octanol–water partition coefficient (Wildman–Crippen LogP) is 1.53. The quantitative estimate of drug-likeness (QED) is 0.624. The predicted molar refractivity (Wildman–Crippen MR) is 78.7 cm³/mol. The molecule has 0 aromatic heterocycles. The minimum atomic E-state index is 0.255. The van der Waals surface area contributed by atoms with Gasteiger partial charge in [-0.1, -0.05) is 24.3 Å². The molecule has 4 nitrogen and oxygen atoms in total. The molecule has 0 amide bonds. The molecule has 0 aliphatic heterocycles. The molecule has 0 fully saturated rings. The number of hydrogen-bond donors (Lipinski definition) is 2. The molecule has 1 aliphatic rings. The second-order valence-electron chi connectivity index (χ2n) is 5.05. The van der Waals surface area contributed by atoms with Gasteiger partial charge in [0.25, 0.3) is 0 Å². The highest BCUT2D eigenvalue weighted by Crippen LogP contribution is 2.33. The second-order valence-corrected chi connectivity index (χ2v) is 5.05. The van der Waals surface area contributed by atoms with Crippen molar-refractivity contribution in [2.75, 3.05) is 27.3 Å². The maximum atomic E-state index is 5.11. The number of nitrogens with zero attached hydrogens (tertiary/aromatic N) is 1. The van der Waals surface area contributed by atoms with Crippen molar-refractivity contribution in [1.29, 1.82) is 0 Å². The van der Waals surface area contributed by atoms with Crippen molar-refractivity contribution < 1.29 is 4.74 Å². The van der Waals surface area contributed by atoms with E-state index in [1.54, 1.807) is 14.2 Å². The maximum absolute atomic E-state index is 5.11. The van der Waals surface area contributed by atoms with Crippen LogP contribution in [0.4, 0.5) is 0 Å². The van der Waals surface area contributed by atoms with Gasteiger partial charge in [-0.3, -0.25) is 4.99 Å². The Balaban J connectivity index is 1.79. The summed E-state index contributed by atoms with van der Waals surface area (Å²) in [6, 6.07) is 8.90. The maximum Gasteiger partial charge on any atom is 0.191 e. The zero-order chi connectivity index (χ0) is 13.7. The number of rotatable bonds is 5. The van der Waals surface area contributed by atoms with Crippen LogP contribution in [0.2, 0.25) is 0 Å². The normalized spacial score (nSPS) is 19.3. The van der Waals surface area contributed by atoms with Gasteiger partial charge in [-0.05, 0) is 24.5 Å². The molecule has 0 saturated carbocycles. The Bertz CT molecular complexity index is 445. The molecule has 104 valence electrons. The minimum Gasteiger partial charge on any atom is -0.383 e. The van der Waals surface area contributed by atoms with Crippen molar-refractivity contribution in [3.63, 3.8) is 0 Å². The van der Waals surface area contributed by atoms with E-state index in [0.717, 1.165) is 18.9 Å². The summed E-state index contributed by atoms with van der Waals surface area (Å²) in [6.45, 7) is 3.68. The third kappa shape index (κ3) is 3.47. The molecule has 0 spiro atoms. The lowest BCUT2D eigenvalue weighted by Gasteiger charge is -2.31. The van der Waals surface area contributed by atoms with Crippen molar-refractivity contribution >= 4 is 5.96 Å². The summed E-state index contributed by atoms with van der Waals surface area (Å²) in [5, 5.41) is 6.69. The summed E-state index contributed by atoms with van der Waals surface area (Å²) in [5.41, 5.74) is 2.94. The topological polar surface area (TPSA) is 45.7 Å². The van der Waals surface area contributed by atoms with Gasteiger partial charge in [-0.25, -0.2) is 0 Å². The average Bonchev–Trinajstić information content (AvgIpc) is 2.38. The van der Waals surface area contributed by atoms with Gasteiger partial charge in [-0.15, -0.1) is 0 Å². The summed E-state index contributed by atoms with van der Waals surface area (Å²) < 4.78 is 5.11. The molecule has 1 aromatic rings. The van der Waals surface area contributed by atoms with Gasteiger partial charge in [-0.2, -0.15) is 0 Å². The van der Waals surface area contributed by atoms with Crippen molar-refractivity contribution in [3.8, 4) is 0 Å². The van der Waals surface area contributed by atoms with Gasteiger partial charge in [0.15, 0.2) is 5.96 Å². The number of methoxy groups -OCH3 is 1. The van der Waals surface area contributed by atoms with Crippen LogP contribution >= 0.6 is 0 Å². The fraction of sp³-hybridized carbons (Fsp3) is 0.533. The Morgan fingerprint density at radius 1 is 1.47 bits per heavy atom. The number of ether oxygens (including phenoxy) is 1. The molecule has 0 saturated heterocycles. The molecular formula is C15H23N3O. The summed E-state index contributed by atoms with van der Waals surface area (Å²) in [7, 11) is 3.50. The third-order valence-corrected chi connectivity index (χ3v) is 3.50. The number of hydrogen-bond acceptors (Lipinski definition) is 2. The van der Waals surface area contributed by atoms with Crippen LogP contribution in [0.25, 0.3) is 0 Å². The van der Waals surface area contributed by atoms with E-state index in [9.17, 15) is 0 Å². The van der Waals surface area contributed by atoms with Crippen LogP contribution in [0.5, 0.6) is 0 Å². The minimum absolute atomic E-state index is 0.255. The van der Waals surface area contributed by atoms with E-state index in [0.29, 0.717) is 12.5 Å². The molecule has 19 heavy (non-hydrogen) atoms. The van der Waals surface area contributed by atoms with Crippen LogP contribution in [0.3, 0.4) is 0 Å². The molecule has 1 aliphatic carbocycles. The highest BCUT2D eigenvalue weighted by molar-refractivity contribution is 5.80. The molecule has 2 N–H and O–H groups in total. The van der Waals surface area contributed by atoms with Crippen LogP contribution in [-0.4, -0.2) is 39.3 Å². The summed E-state index contributed by atoms with van der Waals surface area (Å²) >= 11 is 0. The number of benzene rings is 1. The molecule has 0 radical (unpaired) electrons. The number of fused-ring (bicyclic) bond motifs is 1. The standard InChI is InChI=1S/C15H23N3O/c1-11(10-19-3)18-15(16-2)17-9-13-8-12-6-4-5-7-14(12)13/h4-7,11,13H,8-10H2,1-3H3,(H2,16,17,18). The monoisotopic (exact) mass is 261 g/mol. The zero-order valence-corrected chi connectivity index (χ0v) is 11.9. The van der Waals surface area contributed by atoms with Crippen molar-refractivity contribution in [2.24, 2.45) is 4.99 Å². The Morgan fingerprint density at radius 2 is 2.26 bits per heavy atom. The smallest absolute Gasteiger partial charge is 0.191 e.